The molecule has 0 saturated carbocycles. The van der Waals surface area contributed by atoms with Crippen LogP contribution in [0.3, 0.4) is 0 Å². The highest BCUT2D eigenvalue weighted by Crippen LogP contribution is 2.34. The van der Waals surface area contributed by atoms with Crippen LogP contribution in [0, 0.1) is 0 Å². The van der Waals surface area contributed by atoms with E-state index in [1.54, 1.807) is 7.11 Å². The molecule has 1 atom stereocenters. The van der Waals surface area contributed by atoms with E-state index in [1.165, 1.54) is 0 Å². The molecule has 0 amide bonds. The van der Waals surface area contributed by atoms with Crippen LogP contribution in [0.2, 0.25) is 0 Å². The molecular formula is C19H26BrN5O. The van der Waals surface area contributed by atoms with Crippen molar-refractivity contribution in [2.45, 2.75) is 38.9 Å². The second-order valence-corrected chi connectivity index (χ2v) is 7.40. The lowest BCUT2D eigenvalue weighted by Crippen LogP contribution is -2.46. The summed E-state index contributed by atoms with van der Waals surface area (Å²) in [4.78, 5) is 6.55. The van der Waals surface area contributed by atoms with Gasteiger partial charge in [-0.25, -0.2) is 4.99 Å². The van der Waals surface area contributed by atoms with Gasteiger partial charge < -0.3 is 25.7 Å². The Labute approximate surface area is 163 Å². The SMILES string of the molecule is CCCCCN1C(N)=Nc2ccn(Cc3cc(Br)ccc3OC)c2C1N. The molecule has 2 aromatic rings. The average Bonchev–Trinajstić information content (AvgIpc) is 3.00. The molecule has 2 heterocycles. The summed E-state index contributed by atoms with van der Waals surface area (Å²) in [6, 6.07) is 7.97. The molecule has 1 aliphatic rings. The summed E-state index contributed by atoms with van der Waals surface area (Å²) in [5, 5.41) is 0. The van der Waals surface area contributed by atoms with Crippen LogP contribution in [-0.2, 0) is 6.54 Å². The second kappa shape index (κ2) is 8.14. The summed E-state index contributed by atoms with van der Waals surface area (Å²) in [5.74, 6) is 1.35. The van der Waals surface area contributed by atoms with Gasteiger partial charge in [0.05, 0.1) is 25.0 Å². The van der Waals surface area contributed by atoms with E-state index in [4.69, 9.17) is 16.2 Å². The number of nitrogens with zero attached hydrogens (tertiary/aromatic N) is 3. The maximum Gasteiger partial charge on any atom is 0.198 e. The van der Waals surface area contributed by atoms with E-state index in [-0.39, 0.29) is 6.17 Å². The number of halogens is 1. The summed E-state index contributed by atoms with van der Waals surface area (Å²) in [5.41, 5.74) is 15.6. The van der Waals surface area contributed by atoms with E-state index in [0.717, 1.165) is 53.0 Å². The van der Waals surface area contributed by atoms with Crippen LogP contribution in [0.1, 0.15) is 43.6 Å². The smallest absolute Gasteiger partial charge is 0.198 e. The Balaban J connectivity index is 1.89. The maximum atomic E-state index is 6.57. The van der Waals surface area contributed by atoms with E-state index in [1.807, 2.05) is 29.3 Å². The van der Waals surface area contributed by atoms with Crippen LogP contribution in [0.25, 0.3) is 0 Å². The van der Waals surface area contributed by atoms with Gasteiger partial charge in [-0.15, -0.1) is 0 Å². The first-order chi connectivity index (χ1) is 12.5. The highest BCUT2D eigenvalue weighted by molar-refractivity contribution is 9.10. The van der Waals surface area contributed by atoms with E-state index in [0.29, 0.717) is 12.5 Å². The van der Waals surface area contributed by atoms with Gasteiger partial charge in [0.2, 0.25) is 0 Å². The van der Waals surface area contributed by atoms with Crippen molar-refractivity contribution in [1.29, 1.82) is 0 Å². The van der Waals surface area contributed by atoms with Crippen molar-refractivity contribution in [2.75, 3.05) is 13.7 Å². The zero-order valence-corrected chi connectivity index (χ0v) is 16.9. The quantitative estimate of drug-likeness (QED) is 0.669. The summed E-state index contributed by atoms with van der Waals surface area (Å²) >= 11 is 3.53. The number of guanidine groups is 1. The molecule has 1 aromatic carbocycles. The molecule has 6 nitrogen and oxygen atoms in total. The fourth-order valence-corrected chi connectivity index (χ4v) is 3.75. The van der Waals surface area contributed by atoms with Crippen molar-refractivity contribution >= 4 is 27.6 Å². The molecular weight excluding hydrogens is 394 g/mol. The minimum absolute atomic E-state index is 0.299. The second-order valence-electron chi connectivity index (χ2n) is 6.49. The number of aromatic nitrogens is 1. The fourth-order valence-electron chi connectivity index (χ4n) is 3.34. The van der Waals surface area contributed by atoms with Crippen molar-refractivity contribution in [3.8, 4) is 5.75 Å². The van der Waals surface area contributed by atoms with Gasteiger partial charge in [-0.2, -0.15) is 0 Å². The molecule has 4 N–H and O–H groups in total. The molecule has 0 aliphatic carbocycles. The molecule has 0 spiro atoms. The third-order valence-corrected chi connectivity index (χ3v) is 5.21. The molecule has 140 valence electrons. The van der Waals surface area contributed by atoms with Gasteiger partial charge in [0.1, 0.15) is 11.9 Å². The topological polar surface area (TPSA) is 81.8 Å². The lowest BCUT2D eigenvalue weighted by Gasteiger charge is -2.34. The number of rotatable bonds is 7. The molecule has 26 heavy (non-hydrogen) atoms. The van der Waals surface area contributed by atoms with Crippen LogP contribution >= 0.6 is 15.9 Å². The fraction of sp³-hybridized carbons (Fsp3) is 0.421. The molecule has 1 unspecified atom stereocenters. The number of nitrogens with two attached hydrogens (primary N) is 2. The van der Waals surface area contributed by atoms with Gasteiger partial charge in [-0.05, 0) is 30.7 Å². The molecule has 0 radical (unpaired) electrons. The van der Waals surface area contributed by atoms with Gasteiger partial charge in [0.15, 0.2) is 5.96 Å². The number of hydrogen-bond donors (Lipinski definition) is 2. The maximum absolute atomic E-state index is 6.57. The summed E-state index contributed by atoms with van der Waals surface area (Å²) in [6.45, 7) is 3.65. The molecule has 1 aliphatic heterocycles. The minimum atomic E-state index is -0.299. The lowest BCUT2D eigenvalue weighted by molar-refractivity contribution is 0.295. The number of hydrogen-bond acceptors (Lipinski definition) is 5. The van der Waals surface area contributed by atoms with Gasteiger partial charge in [0.25, 0.3) is 0 Å². The predicted octanol–water partition coefficient (Wildman–Crippen LogP) is 3.72. The van der Waals surface area contributed by atoms with Crippen molar-refractivity contribution in [1.82, 2.24) is 9.47 Å². The standard InChI is InChI=1S/C19H26BrN5O/c1-3-4-5-9-25-18(21)17-15(23-19(25)22)8-10-24(17)12-13-11-14(20)6-7-16(13)26-2/h6-8,10-11,18H,3-5,9,12,21H2,1-2H3,(H2,22,23). The van der Waals surface area contributed by atoms with Crippen LogP contribution < -0.4 is 16.2 Å². The minimum Gasteiger partial charge on any atom is -0.496 e. The number of benzene rings is 1. The highest BCUT2D eigenvalue weighted by Gasteiger charge is 2.28. The summed E-state index contributed by atoms with van der Waals surface area (Å²) in [7, 11) is 1.68. The van der Waals surface area contributed by atoms with E-state index < -0.39 is 0 Å². The Bertz CT molecular complexity index is 801. The first-order valence-corrected chi connectivity index (χ1v) is 9.72. The van der Waals surface area contributed by atoms with E-state index in [2.05, 4.69) is 38.5 Å². The lowest BCUT2D eigenvalue weighted by atomic mass is 10.1. The van der Waals surface area contributed by atoms with E-state index in [9.17, 15) is 0 Å². The predicted molar refractivity (Wildman–Crippen MR) is 109 cm³/mol. The first-order valence-electron chi connectivity index (χ1n) is 8.93. The van der Waals surface area contributed by atoms with Gasteiger partial charge >= 0.3 is 0 Å². The number of ether oxygens (including phenoxy) is 1. The third kappa shape index (κ3) is 3.73. The van der Waals surface area contributed by atoms with Gasteiger partial charge in [-0.3, -0.25) is 0 Å². The number of fused-ring (bicyclic) bond motifs is 1. The normalized spacial score (nSPS) is 16.4. The van der Waals surface area contributed by atoms with Crippen LogP contribution in [0.15, 0.2) is 39.9 Å². The van der Waals surface area contributed by atoms with Crippen LogP contribution in [0.5, 0.6) is 5.75 Å². The van der Waals surface area contributed by atoms with E-state index >= 15 is 0 Å². The van der Waals surface area contributed by atoms with Gasteiger partial charge in [0, 0.05) is 22.8 Å². The van der Waals surface area contributed by atoms with Crippen molar-refractivity contribution in [2.24, 2.45) is 16.5 Å². The van der Waals surface area contributed by atoms with Gasteiger partial charge in [-0.1, -0.05) is 35.7 Å². The molecule has 3 rings (SSSR count). The average molecular weight is 420 g/mol. The Kier molecular flexibility index (Phi) is 5.88. The first kappa shape index (κ1) is 18.8. The largest absolute Gasteiger partial charge is 0.496 e. The van der Waals surface area contributed by atoms with Crippen LogP contribution in [-0.4, -0.2) is 29.1 Å². The summed E-state index contributed by atoms with van der Waals surface area (Å²) in [6.07, 6.45) is 5.07. The number of unbranched alkanes of at least 4 members (excludes halogenated alkanes) is 2. The Morgan fingerprint density at radius 2 is 2.08 bits per heavy atom. The molecule has 0 fully saturated rings. The zero-order valence-electron chi connectivity index (χ0n) is 15.3. The molecule has 0 saturated heterocycles. The molecule has 1 aromatic heterocycles. The monoisotopic (exact) mass is 419 g/mol. The Hall–Kier alpha value is -1.99. The van der Waals surface area contributed by atoms with Crippen molar-refractivity contribution in [3.05, 3.63) is 46.2 Å². The van der Waals surface area contributed by atoms with Crippen LogP contribution in [0.4, 0.5) is 5.69 Å². The van der Waals surface area contributed by atoms with Crippen molar-refractivity contribution < 1.29 is 4.74 Å². The van der Waals surface area contributed by atoms with Crippen molar-refractivity contribution in [3.63, 3.8) is 0 Å². The number of aliphatic imine (C=N–C) groups is 1. The Morgan fingerprint density at radius 3 is 2.81 bits per heavy atom. The summed E-state index contributed by atoms with van der Waals surface area (Å²) < 4.78 is 8.65. The molecule has 7 heteroatoms. The zero-order chi connectivity index (χ0) is 18.7. The third-order valence-electron chi connectivity index (χ3n) is 4.72. The number of methoxy groups -OCH3 is 1. The molecule has 0 bridgehead atoms. The Morgan fingerprint density at radius 1 is 1.27 bits per heavy atom. The highest BCUT2D eigenvalue weighted by atomic mass is 79.9.